The van der Waals surface area contributed by atoms with Crippen LogP contribution in [0.25, 0.3) is 6.08 Å². The summed E-state index contributed by atoms with van der Waals surface area (Å²) in [6.07, 6.45) is 2.87. The number of nitrogens with one attached hydrogen (secondary N) is 1. The molecule has 0 aliphatic carbocycles. The van der Waals surface area contributed by atoms with Gasteiger partial charge < -0.3 is 15.3 Å². The summed E-state index contributed by atoms with van der Waals surface area (Å²) in [6, 6.07) is 14.5. The van der Waals surface area contributed by atoms with Gasteiger partial charge in [0, 0.05) is 24.9 Å². The Balaban J connectivity index is 1.68. The number of nitrogens with zero attached hydrogens (tertiary/aromatic N) is 2. The molecule has 26 heavy (non-hydrogen) atoms. The van der Waals surface area contributed by atoms with E-state index in [4.69, 9.17) is 10.4 Å². The van der Waals surface area contributed by atoms with Gasteiger partial charge in [0.1, 0.15) is 0 Å². The molecule has 2 amide bonds. The Hall–Kier alpha value is -3.59. The van der Waals surface area contributed by atoms with Gasteiger partial charge in [0.05, 0.1) is 11.6 Å². The number of amides is 2. The topological polar surface area (TPSA) is 93.4 Å². The van der Waals surface area contributed by atoms with Crippen LogP contribution in [0, 0.1) is 11.3 Å². The van der Waals surface area contributed by atoms with E-state index in [0.717, 1.165) is 16.7 Å². The Bertz CT molecular complexity index is 928. The van der Waals surface area contributed by atoms with Crippen LogP contribution < -0.4 is 5.32 Å². The maximum atomic E-state index is 12.0. The molecule has 2 aromatic carbocycles. The molecule has 2 aromatic rings. The molecule has 130 valence electrons. The van der Waals surface area contributed by atoms with Gasteiger partial charge in [-0.3, -0.25) is 4.79 Å². The maximum Gasteiger partial charge on any atom is 0.407 e. The van der Waals surface area contributed by atoms with E-state index in [1.54, 1.807) is 30.3 Å². The van der Waals surface area contributed by atoms with Gasteiger partial charge >= 0.3 is 6.09 Å². The Morgan fingerprint density at radius 2 is 2.04 bits per heavy atom. The fourth-order valence-electron chi connectivity index (χ4n) is 2.87. The number of hydrogen-bond donors (Lipinski definition) is 2. The van der Waals surface area contributed by atoms with Crippen LogP contribution in [-0.4, -0.2) is 28.6 Å². The molecule has 6 heteroatoms. The van der Waals surface area contributed by atoms with Crippen molar-refractivity contribution in [1.29, 1.82) is 5.26 Å². The first-order chi connectivity index (χ1) is 12.5. The number of carbonyl (C=O) groups excluding carboxylic acids is 1. The van der Waals surface area contributed by atoms with Gasteiger partial charge in [-0.1, -0.05) is 18.2 Å². The lowest BCUT2D eigenvalue weighted by Gasteiger charge is -2.26. The first-order valence-corrected chi connectivity index (χ1v) is 8.14. The van der Waals surface area contributed by atoms with Crippen LogP contribution >= 0.6 is 0 Å². The number of fused-ring (bicyclic) bond motifs is 1. The van der Waals surface area contributed by atoms with Gasteiger partial charge in [-0.2, -0.15) is 5.26 Å². The number of anilines is 1. The highest BCUT2D eigenvalue weighted by molar-refractivity contribution is 6.02. The summed E-state index contributed by atoms with van der Waals surface area (Å²) in [5, 5.41) is 20.7. The molecule has 0 saturated heterocycles. The quantitative estimate of drug-likeness (QED) is 0.834. The molecule has 0 bridgehead atoms. The zero-order valence-electron chi connectivity index (χ0n) is 14.0. The monoisotopic (exact) mass is 347 g/mol. The highest BCUT2D eigenvalue weighted by Crippen LogP contribution is 2.21. The van der Waals surface area contributed by atoms with Crippen molar-refractivity contribution in [3.63, 3.8) is 0 Å². The molecular weight excluding hydrogens is 330 g/mol. The average molecular weight is 347 g/mol. The van der Waals surface area contributed by atoms with Crippen molar-refractivity contribution in [2.75, 3.05) is 11.9 Å². The molecule has 0 radical (unpaired) electrons. The number of hydrogen-bond acceptors (Lipinski definition) is 3. The molecule has 3 rings (SSSR count). The molecule has 0 aromatic heterocycles. The van der Waals surface area contributed by atoms with E-state index in [9.17, 15) is 9.59 Å². The number of nitriles is 1. The summed E-state index contributed by atoms with van der Waals surface area (Å²) >= 11 is 0. The first kappa shape index (κ1) is 17.2. The Morgan fingerprint density at radius 1 is 1.19 bits per heavy atom. The predicted molar refractivity (Wildman–Crippen MR) is 97.4 cm³/mol. The largest absolute Gasteiger partial charge is 0.465 e. The van der Waals surface area contributed by atoms with E-state index < -0.39 is 6.09 Å². The summed E-state index contributed by atoms with van der Waals surface area (Å²) in [7, 11) is 0. The minimum atomic E-state index is -0.921. The van der Waals surface area contributed by atoms with Crippen LogP contribution in [0.4, 0.5) is 10.5 Å². The molecule has 0 atom stereocenters. The molecular formula is C20H17N3O3. The lowest BCUT2D eigenvalue weighted by atomic mass is 9.97. The summed E-state index contributed by atoms with van der Waals surface area (Å²) < 4.78 is 0. The third kappa shape index (κ3) is 4.08. The second-order valence-electron chi connectivity index (χ2n) is 6.00. The van der Waals surface area contributed by atoms with Crippen LogP contribution in [0.15, 0.2) is 48.5 Å². The van der Waals surface area contributed by atoms with Gasteiger partial charge in [0.2, 0.25) is 5.91 Å². The maximum absolute atomic E-state index is 12.0. The summed E-state index contributed by atoms with van der Waals surface area (Å²) in [5.41, 5.74) is 3.96. The Labute approximate surface area is 151 Å². The average Bonchev–Trinajstić information content (AvgIpc) is 2.65. The van der Waals surface area contributed by atoms with Crippen molar-refractivity contribution in [3.05, 3.63) is 70.8 Å². The SMILES string of the molecule is N#Cc1cccc(NC(=O)/C=C/c2ccc3c(c2)CN(C(=O)O)CC3)c1. The second kappa shape index (κ2) is 7.53. The molecule has 1 aliphatic heterocycles. The molecule has 0 saturated carbocycles. The van der Waals surface area contributed by atoms with Gasteiger partial charge in [-0.25, -0.2) is 4.79 Å². The van der Waals surface area contributed by atoms with Gasteiger partial charge in [-0.15, -0.1) is 0 Å². The number of benzene rings is 2. The van der Waals surface area contributed by atoms with E-state index in [1.807, 2.05) is 24.3 Å². The van der Waals surface area contributed by atoms with Crippen molar-refractivity contribution < 1.29 is 14.7 Å². The zero-order chi connectivity index (χ0) is 18.5. The highest BCUT2D eigenvalue weighted by atomic mass is 16.4. The number of carbonyl (C=O) groups is 2. The first-order valence-electron chi connectivity index (χ1n) is 8.14. The summed E-state index contributed by atoms with van der Waals surface area (Å²) in [5.74, 6) is -0.301. The molecule has 0 fully saturated rings. The lowest BCUT2D eigenvalue weighted by molar-refractivity contribution is -0.111. The lowest BCUT2D eigenvalue weighted by Crippen LogP contribution is -2.34. The molecule has 1 heterocycles. The van der Waals surface area contributed by atoms with Gasteiger partial charge in [0.15, 0.2) is 0 Å². The van der Waals surface area contributed by atoms with Gasteiger partial charge in [-0.05, 0) is 53.5 Å². The standard InChI is InChI=1S/C20H17N3O3/c21-12-15-2-1-3-18(11-15)22-19(24)7-5-14-4-6-16-8-9-23(20(25)26)13-17(16)10-14/h1-7,10-11H,8-9,13H2,(H,22,24)(H,25,26)/b7-5+. The van der Waals surface area contributed by atoms with Crippen molar-refractivity contribution >= 4 is 23.8 Å². The van der Waals surface area contributed by atoms with Crippen LogP contribution in [0.2, 0.25) is 0 Å². The van der Waals surface area contributed by atoms with Crippen LogP contribution in [0.5, 0.6) is 0 Å². The fraction of sp³-hybridized carbons (Fsp3) is 0.150. The van der Waals surface area contributed by atoms with Crippen molar-refractivity contribution in [1.82, 2.24) is 4.90 Å². The minimum absolute atomic E-state index is 0.301. The number of carboxylic acid groups (broad SMARTS) is 1. The molecule has 0 unspecified atom stereocenters. The van der Waals surface area contributed by atoms with Crippen LogP contribution in [0.3, 0.4) is 0 Å². The molecule has 6 nitrogen and oxygen atoms in total. The van der Waals surface area contributed by atoms with E-state index in [0.29, 0.717) is 30.8 Å². The summed E-state index contributed by atoms with van der Waals surface area (Å²) in [6.45, 7) is 0.862. The van der Waals surface area contributed by atoms with Crippen LogP contribution in [-0.2, 0) is 17.8 Å². The zero-order valence-corrected chi connectivity index (χ0v) is 14.0. The van der Waals surface area contributed by atoms with E-state index in [2.05, 4.69) is 5.32 Å². The smallest absolute Gasteiger partial charge is 0.407 e. The van der Waals surface area contributed by atoms with Crippen molar-refractivity contribution in [2.45, 2.75) is 13.0 Å². The Morgan fingerprint density at radius 3 is 2.81 bits per heavy atom. The Kier molecular flexibility index (Phi) is 4.99. The van der Waals surface area contributed by atoms with Crippen LogP contribution in [0.1, 0.15) is 22.3 Å². The fourth-order valence-corrected chi connectivity index (χ4v) is 2.87. The van der Waals surface area contributed by atoms with E-state index >= 15 is 0 Å². The molecule has 1 aliphatic rings. The third-order valence-electron chi connectivity index (χ3n) is 4.20. The summed E-state index contributed by atoms with van der Waals surface area (Å²) in [4.78, 5) is 24.6. The van der Waals surface area contributed by atoms with Crippen molar-refractivity contribution in [3.8, 4) is 6.07 Å². The van der Waals surface area contributed by atoms with Crippen molar-refractivity contribution in [2.24, 2.45) is 0 Å². The van der Waals surface area contributed by atoms with E-state index in [-0.39, 0.29) is 5.91 Å². The number of rotatable bonds is 3. The molecule has 2 N–H and O–H groups in total. The van der Waals surface area contributed by atoms with E-state index in [1.165, 1.54) is 11.0 Å². The normalized spacial score (nSPS) is 13.1. The molecule has 0 spiro atoms. The highest BCUT2D eigenvalue weighted by Gasteiger charge is 2.19. The minimum Gasteiger partial charge on any atom is -0.465 e. The second-order valence-corrected chi connectivity index (χ2v) is 6.00. The predicted octanol–water partition coefficient (Wildman–Crippen LogP) is 3.25. The third-order valence-corrected chi connectivity index (χ3v) is 4.20. The van der Waals surface area contributed by atoms with Gasteiger partial charge in [0.25, 0.3) is 0 Å².